The number of hydrogen-bond donors (Lipinski definition) is 0. The molecule has 0 N–H and O–H groups in total. The molecule has 0 saturated carbocycles. The van der Waals surface area contributed by atoms with Crippen molar-refractivity contribution in [1.29, 1.82) is 0 Å². The van der Waals surface area contributed by atoms with Crippen LogP contribution in [0.5, 0.6) is 0 Å². The average molecular weight is 153 g/mol. The van der Waals surface area contributed by atoms with Crippen LogP contribution in [-0.4, -0.2) is 6.21 Å². The summed E-state index contributed by atoms with van der Waals surface area (Å²) in [7, 11) is 0. The average Bonchev–Trinajstić information content (AvgIpc) is 1.62. The number of allylic oxidation sites excluding steroid dienone is 5. The van der Waals surface area contributed by atoms with Gasteiger partial charge in [-0.05, 0) is 12.2 Å². The van der Waals surface area contributed by atoms with E-state index in [2.05, 4.69) is 4.99 Å². The number of rotatable bonds is 0. The van der Waals surface area contributed by atoms with Crippen LogP contribution >= 0.6 is 0 Å². The molecular formula is C7H9NNa2. The van der Waals surface area contributed by atoms with Gasteiger partial charge in [0.25, 0.3) is 0 Å². The molecule has 10 heavy (non-hydrogen) atoms. The van der Waals surface area contributed by atoms with Gasteiger partial charge in [-0.25, -0.2) is 0 Å². The van der Waals surface area contributed by atoms with Crippen molar-refractivity contribution in [2.75, 3.05) is 0 Å². The Balaban J connectivity index is -0.0000000800. The monoisotopic (exact) mass is 153 g/mol. The van der Waals surface area contributed by atoms with Crippen LogP contribution in [-0.2, 0) is 0 Å². The first-order valence-electron chi connectivity index (χ1n) is 2.52. The molecule has 0 aliphatic carbocycles. The SMILES string of the molecule is C1=CC=CN=CC=C1.[H-].[H-].[Na+].[Na+]. The molecule has 0 amide bonds. The molecule has 0 unspecified atom stereocenters. The topological polar surface area (TPSA) is 12.4 Å². The van der Waals surface area contributed by atoms with Crippen molar-refractivity contribution < 1.29 is 62.0 Å². The molecule has 1 rings (SSSR count). The van der Waals surface area contributed by atoms with Crippen molar-refractivity contribution in [3.8, 4) is 0 Å². The molecule has 0 spiro atoms. The van der Waals surface area contributed by atoms with Gasteiger partial charge in [0.05, 0.1) is 0 Å². The van der Waals surface area contributed by atoms with Gasteiger partial charge in [0.2, 0.25) is 0 Å². The van der Waals surface area contributed by atoms with Gasteiger partial charge >= 0.3 is 59.1 Å². The normalized spacial score (nSPS) is 12.8. The van der Waals surface area contributed by atoms with Crippen molar-refractivity contribution in [2.24, 2.45) is 4.99 Å². The van der Waals surface area contributed by atoms with Crippen LogP contribution < -0.4 is 59.1 Å². The van der Waals surface area contributed by atoms with E-state index in [1.807, 2.05) is 30.4 Å². The zero-order valence-corrected chi connectivity index (χ0v) is 10.5. The van der Waals surface area contributed by atoms with E-state index in [-0.39, 0.29) is 62.0 Å². The molecule has 44 valence electrons. The van der Waals surface area contributed by atoms with Gasteiger partial charge in [0, 0.05) is 12.4 Å². The van der Waals surface area contributed by atoms with Crippen molar-refractivity contribution in [3.05, 3.63) is 36.6 Å². The van der Waals surface area contributed by atoms with E-state index in [4.69, 9.17) is 0 Å². The van der Waals surface area contributed by atoms with Gasteiger partial charge in [-0.1, -0.05) is 18.2 Å². The third-order valence-electron chi connectivity index (χ3n) is 0.789. The summed E-state index contributed by atoms with van der Waals surface area (Å²) in [5, 5.41) is 0. The minimum absolute atomic E-state index is 0. The molecular weight excluding hydrogens is 144 g/mol. The molecule has 0 aromatic carbocycles. The zero-order chi connectivity index (χ0) is 5.66. The maximum atomic E-state index is 3.89. The van der Waals surface area contributed by atoms with E-state index >= 15 is 0 Å². The number of hydrogen-bond acceptors (Lipinski definition) is 1. The van der Waals surface area contributed by atoms with Gasteiger partial charge < -0.3 is 2.85 Å². The second-order valence-corrected chi connectivity index (χ2v) is 1.41. The Morgan fingerprint density at radius 3 is 2.20 bits per heavy atom. The smallest absolute Gasteiger partial charge is 1.00 e. The summed E-state index contributed by atoms with van der Waals surface area (Å²) in [5.41, 5.74) is 0. The fourth-order valence-electron chi connectivity index (χ4n) is 0.441. The van der Waals surface area contributed by atoms with Gasteiger partial charge in [0.15, 0.2) is 0 Å². The quantitative estimate of drug-likeness (QED) is 0.314. The Bertz CT molecular complexity index is 120. The summed E-state index contributed by atoms with van der Waals surface area (Å²) in [6.07, 6.45) is 13.1. The predicted octanol–water partition coefficient (Wildman–Crippen LogP) is -4.07. The molecule has 0 aromatic heterocycles. The summed E-state index contributed by atoms with van der Waals surface area (Å²) in [4.78, 5) is 3.89. The fraction of sp³-hybridized carbons (Fsp3) is 0. The summed E-state index contributed by atoms with van der Waals surface area (Å²) < 4.78 is 0. The van der Waals surface area contributed by atoms with Crippen LogP contribution in [0.3, 0.4) is 0 Å². The second kappa shape index (κ2) is 9.89. The van der Waals surface area contributed by atoms with E-state index in [0.29, 0.717) is 0 Å². The molecule has 0 saturated heterocycles. The Morgan fingerprint density at radius 2 is 1.40 bits per heavy atom. The molecule has 0 aromatic rings. The van der Waals surface area contributed by atoms with Crippen LogP contribution in [0.1, 0.15) is 2.85 Å². The van der Waals surface area contributed by atoms with E-state index in [1.165, 1.54) is 0 Å². The molecule has 1 aliphatic heterocycles. The van der Waals surface area contributed by atoms with Crippen LogP contribution in [0.4, 0.5) is 0 Å². The largest absolute Gasteiger partial charge is 1.00 e. The Hall–Kier alpha value is 0.890. The Labute approximate surface area is 109 Å². The van der Waals surface area contributed by atoms with E-state index in [1.54, 1.807) is 12.4 Å². The van der Waals surface area contributed by atoms with E-state index in [9.17, 15) is 0 Å². The van der Waals surface area contributed by atoms with Gasteiger partial charge in [-0.3, -0.25) is 4.99 Å². The van der Waals surface area contributed by atoms with Crippen molar-refractivity contribution in [2.45, 2.75) is 0 Å². The summed E-state index contributed by atoms with van der Waals surface area (Å²) in [5.74, 6) is 0. The predicted molar refractivity (Wildman–Crippen MR) is 38.1 cm³/mol. The van der Waals surface area contributed by atoms with E-state index in [0.717, 1.165) is 0 Å². The fourth-order valence-corrected chi connectivity index (χ4v) is 0.441. The minimum Gasteiger partial charge on any atom is -1.00 e. The first kappa shape index (κ1) is 13.5. The van der Waals surface area contributed by atoms with Crippen molar-refractivity contribution in [3.63, 3.8) is 0 Å². The first-order chi connectivity index (χ1) is 4.00. The Kier molecular flexibility index (Phi) is 13.3. The Morgan fingerprint density at radius 1 is 0.800 bits per heavy atom. The van der Waals surface area contributed by atoms with Crippen LogP contribution in [0.2, 0.25) is 0 Å². The molecule has 1 nitrogen and oxygen atoms in total. The van der Waals surface area contributed by atoms with Crippen molar-refractivity contribution >= 4 is 6.21 Å². The zero-order valence-electron chi connectivity index (χ0n) is 8.49. The summed E-state index contributed by atoms with van der Waals surface area (Å²) >= 11 is 0. The second-order valence-electron chi connectivity index (χ2n) is 1.41. The standard InChI is InChI=1S/C7H7N.2Na.2H/c1-2-4-6-8-7-5-3-1;;;;/h1-7H;;;;/q;2*+1;2*-1. The third kappa shape index (κ3) is 7.00. The molecule has 1 aliphatic rings. The van der Waals surface area contributed by atoms with Gasteiger partial charge in [-0.2, -0.15) is 0 Å². The van der Waals surface area contributed by atoms with Crippen LogP contribution in [0, 0.1) is 0 Å². The molecule has 3 heteroatoms. The third-order valence-corrected chi connectivity index (χ3v) is 0.789. The number of nitrogens with zero attached hydrogens (tertiary/aromatic N) is 1. The molecule has 0 atom stereocenters. The minimum atomic E-state index is 0. The molecule has 0 radical (unpaired) electrons. The first-order valence-corrected chi connectivity index (χ1v) is 2.52. The maximum Gasteiger partial charge on any atom is 1.00 e. The maximum absolute atomic E-state index is 3.89. The summed E-state index contributed by atoms with van der Waals surface area (Å²) in [6, 6.07) is 0. The number of aliphatic imine (C=N–C) groups is 1. The van der Waals surface area contributed by atoms with Gasteiger partial charge in [0.1, 0.15) is 0 Å². The molecule has 0 fully saturated rings. The van der Waals surface area contributed by atoms with Gasteiger partial charge in [-0.15, -0.1) is 0 Å². The van der Waals surface area contributed by atoms with E-state index < -0.39 is 0 Å². The van der Waals surface area contributed by atoms with Crippen LogP contribution in [0.15, 0.2) is 41.6 Å². The molecule has 1 heterocycles. The van der Waals surface area contributed by atoms with Crippen LogP contribution in [0.25, 0.3) is 0 Å². The summed E-state index contributed by atoms with van der Waals surface area (Å²) in [6.45, 7) is 0. The molecule has 0 bridgehead atoms. The van der Waals surface area contributed by atoms with Crippen molar-refractivity contribution in [1.82, 2.24) is 0 Å².